The fourth-order valence-electron chi connectivity index (χ4n) is 4.30. The van der Waals surface area contributed by atoms with E-state index in [0.29, 0.717) is 15.7 Å². The molecule has 1 heteroatoms. The Bertz CT molecular complexity index is 521. The van der Waals surface area contributed by atoms with Crippen LogP contribution in [0.1, 0.15) is 87.7 Å². The van der Waals surface area contributed by atoms with Crippen molar-refractivity contribution in [2.24, 2.45) is 5.92 Å². The van der Waals surface area contributed by atoms with Crippen LogP contribution >= 0.6 is 15.9 Å². The molecule has 1 unspecified atom stereocenters. The molecule has 0 heterocycles. The highest BCUT2D eigenvalue weighted by Crippen LogP contribution is 2.48. The smallest absolute Gasteiger partial charge is 0.0423 e. The largest absolute Gasteiger partial charge is 0.0836 e. The van der Waals surface area contributed by atoms with Crippen LogP contribution in [0.2, 0.25) is 0 Å². The van der Waals surface area contributed by atoms with E-state index in [1.54, 1.807) is 11.1 Å². The average Bonchev–Trinajstić information content (AvgIpc) is 2.97. The predicted octanol–water partition coefficient (Wildman–Crippen LogP) is 6.66. The maximum Gasteiger partial charge on any atom is 0.0423 e. The van der Waals surface area contributed by atoms with Crippen molar-refractivity contribution >= 4 is 15.9 Å². The molecule has 0 N–H and O–H groups in total. The second-order valence-corrected chi connectivity index (χ2v) is 9.51. The summed E-state index contributed by atoms with van der Waals surface area (Å²) in [6.07, 6.45) is 8.20. The fourth-order valence-corrected chi connectivity index (χ4v) is 5.11. The third kappa shape index (κ3) is 2.83. The maximum atomic E-state index is 4.01. The van der Waals surface area contributed by atoms with Crippen molar-refractivity contribution in [3.8, 4) is 0 Å². The Labute approximate surface area is 138 Å². The lowest BCUT2D eigenvalue weighted by Gasteiger charge is -2.42. The number of fused-ring (bicyclic) bond motifs is 1. The van der Waals surface area contributed by atoms with Gasteiger partial charge in [-0.1, -0.05) is 74.7 Å². The lowest BCUT2D eigenvalue weighted by Crippen LogP contribution is -2.34. The summed E-state index contributed by atoms with van der Waals surface area (Å²) in [5.74, 6) is 0.836. The second kappa shape index (κ2) is 5.41. The van der Waals surface area contributed by atoms with Crippen molar-refractivity contribution in [1.29, 1.82) is 0 Å². The van der Waals surface area contributed by atoms with Crippen LogP contribution in [-0.4, -0.2) is 0 Å². The molecule has 1 atom stereocenters. The van der Waals surface area contributed by atoms with E-state index in [1.165, 1.54) is 44.1 Å². The molecule has 0 amide bonds. The van der Waals surface area contributed by atoms with Crippen molar-refractivity contribution in [1.82, 2.24) is 0 Å². The Hall–Kier alpha value is -0.300. The quantitative estimate of drug-likeness (QED) is 0.524. The summed E-state index contributed by atoms with van der Waals surface area (Å²) in [4.78, 5) is 0.547. The second-order valence-electron chi connectivity index (χ2n) is 8.52. The molecule has 1 saturated carbocycles. The summed E-state index contributed by atoms with van der Waals surface area (Å²) in [7, 11) is 0. The average molecular weight is 349 g/mol. The highest BCUT2D eigenvalue weighted by Gasteiger charge is 2.37. The lowest BCUT2D eigenvalue weighted by atomic mass is 9.63. The summed E-state index contributed by atoms with van der Waals surface area (Å²) < 4.78 is 0. The molecular formula is C20H29Br. The molecule has 0 bridgehead atoms. The van der Waals surface area contributed by atoms with Gasteiger partial charge in [-0.15, -0.1) is 0 Å². The maximum absolute atomic E-state index is 4.01. The van der Waals surface area contributed by atoms with E-state index in [9.17, 15) is 0 Å². The molecule has 0 aromatic heterocycles. The molecule has 21 heavy (non-hydrogen) atoms. The summed E-state index contributed by atoms with van der Waals surface area (Å²) in [5.41, 5.74) is 5.33. The molecule has 1 aromatic rings. The summed E-state index contributed by atoms with van der Waals surface area (Å²) in [6, 6.07) is 7.34. The van der Waals surface area contributed by atoms with Gasteiger partial charge in [0.1, 0.15) is 0 Å². The molecule has 0 radical (unpaired) electrons. The summed E-state index contributed by atoms with van der Waals surface area (Å²) in [5, 5.41) is 0. The molecule has 0 nitrogen and oxygen atoms in total. The van der Waals surface area contributed by atoms with Crippen LogP contribution in [0.5, 0.6) is 0 Å². The summed E-state index contributed by atoms with van der Waals surface area (Å²) >= 11 is 4.01. The van der Waals surface area contributed by atoms with Crippen LogP contribution in [0, 0.1) is 5.92 Å². The number of hydrogen-bond acceptors (Lipinski definition) is 0. The van der Waals surface area contributed by atoms with Crippen LogP contribution in [0.25, 0.3) is 0 Å². The molecular weight excluding hydrogens is 320 g/mol. The normalized spacial score (nSPS) is 25.6. The van der Waals surface area contributed by atoms with Gasteiger partial charge in [-0.25, -0.2) is 0 Å². The summed E-state index contributed by atoms with van der Waals surface area (Å²) in [6.45, 7) is 9.65. The van der Waals surface area contributed by atoms with E-state index in [-0.39, 0.29) is 0 Å². The van der Waals surface area contributed by atoms with Crippen LogP contribution < -0.4 is 0 Å². The Morgan fingerprint density at radius 2 is 1.52 bits per heavy atom. The van der Waals surface area contributed by atoms with Gasteiger partial charge >= 0.3 is 0 Å². The molecule has 116 valence electrons. The third-order valence-electron chi connectivity index (χ3n) is 6.01. The van der Waals surface area contributed by atoms with Crippen molar-refractivity contribution in [2.75, 3.05) is 0 Å². The minimum atomic E-state index is 0.323. The minimum Gasteiger partial charge on any atom is -0.0836 e. The molecule has 2 aliphatic rings. The number of rotatable bonds is 2. The molecule has 0 spiro atoms. The highest BCUT2D eigenvalue weighted by atomic mass is 79.9. The first-order chi connectivity index (χ1) is 9.81. The van der Waals surface area contributed by atoms with E-state index in [2.05, 4.69) is 61.8 Å². The van der Waals surface area contributed by atoms with Gasteiger partial charge < -0.3 is 0 Å². The van der Waals surface area contributed by atoms with E-state index < -0.39 is 0 Å². The Morgan fingerprint density at radius 1 is 0.952 bits per heavy atom. The number of benzene rings is 1. The highest BCUT2D eigenvalue weighted by molar-refractivity contribution is 9.09. The zero-order valence-corrected chi connectivity index (χ0v) is 15.6. The Kier molecular flexibility index (Phi) is 4.01. The van der Waals surface area contributed by atoms with E-state index in [0.717, 1.165) is 5.92 Å². The van der Waals surface area contributed by atoms with Gasteiger partial charge in [-0.3, -0.25) is 0 Å². The first-order valence-electron chi connectivity index (χ1n) is 8.60. The number of hydrogen-bond donors (Lipinski definition) is 0. The Balaban J connectivity index is 1.99. The molecule has 3 rings (SSSR count). The minimum absolute atomic E-state index is 0.323. The van der Waals surface area contributed by atoms with Gasteiger partial charge in [-0.2, -0.15) is 0 Å². The van der Waals surface area contributed by atoms with E-state index >= 15 is 0 Å². The standard InChI is InChI=1S/C20H29Br/c1-19(2)11-12-20(3,4)17-13-15(9-10-16(17)19)18(21)14-7-5-6-8-14/h9-10,13-14,18H,5-8,11-12H2,1-4H3. The van der Waals surface area contributed by atoms with Crippen LogP contribution in [0.4, 0.5) is 0 Å². The molecule has 1 aromatic carbocycles. The van der Waals surface area contributed by atoms with Crippen molar-refractivity contribution in [2.45, 2.75) is 81.9 Å². The zero-order valence-electron chi connectivity index (χ0n) is 14.0. The number of alkyl halides is 1. The monoisotopic (exact) mass is 348 g/mol. The third-order valence-corrected chi connectivity index (χ3v) is 7.29. The van der Waals surface area contributed by atoms with Crippen molar-refractivity contribution < 1.29 is 0 Å². The van der Waals surface area contributed by atoms with E-state index in [4.69, 9.17) is 0 Å². The zero-order chi connectivity index (χ0) is 15.3. The van der Waals surface area contributed by atoms with Gasteiger partial charge in [0.25, 0.3) is 0 Å². The van der Waals surface area contributed by atoms with E-state index in [1.807, 2.05) is 0 Å². The number of halogens is 1. The van der Waals surface area contributed by atoms with Gasteiger partial charge in [-0.05, 0) is 59.1 Å². The van der Waals surface area contributed by atoms with Gasteiger partial charge in [0.15, 0.2) is 0 Å². The van der Waals surface area contributed by atoms with Crippen LogP contribution in [0.3, 0.4) is 0 Å². The Morgan fingerprint density at radius 3 is 2.14 bits per heavy atom. The van der Waals surface area contributed by atoms with Crippen LogP contribution in [-0.2, 0) is 10.8 Å². The molecule has 0 saturated heterocycles. The van der Waals surface area contributed by atoms with Gasteiger partial charge in [0.05, 0.1) is 0 Å². The first-order valence-corrected chi connectivity index (χ1v) is 9.52. The van der Waals surface area contributed by atoms with Gasteiger partial charge in [0.2, 0.25) is 0 Å². The SMILES string of the molecule is CC1(C)CCC(C)(C)c2cc(C(Br)C3CCCC3)ccc21. The lowest BCUT2D eigenvalue weighted by molar-refractivity contribution is 0.331. The molecule has 1 fully saturated rings. The van der Waals surface area contributed by atoms with Gasteiger partial charge in [0, 0.05) is 4.83 Å². The molecule has 0 aliphatic heterocycles. The van der Waals surface area contributed by atoms with Crippen molar-refractivity contribution in [3.63, 3.8) is 0 Å². The van der Waals surface area contributed by atoms with Crippen LogP contribution in [0.15, 0.2) is 18.2 Å². The predicted molar refractivity (Wildman–Crippen MR) is 95.4 cm³/mol. The first kappa shape index (κ1) is 15.6. The topological polar surface area (TPSA) is 0 Å². The fraction of sp³-hybridized carbons (Fsp3) is 0.700. The van der Waals surface area contributed by atoms with Crippen molar-refractivity contribution in [3.05, 3.63) is 34.9 Å². The molecule has 2 aliphatic carbocycles.